The lowest BCUT2D eigenvalue weighted by Gasteiger charge is -2.32. The first kappa shape index (κ1) is 11.7. The summed E-state index contributed by atoms with van der Waals surface area (Å²) in [5.74, 6) is 0.159. The number of hydrogen-bond acceptors (Lipinski definition) is 3. The van der Waals surface area contributed by atoms with Gasteiger partial charge in [-0.2, -0.15) is 0 Å². The maximum Gasteiger partial charge on any atom is 0.120 e. The van der Waals surface area contributed by atoms with Gasteiger partial charge in [-0.1, -0.05) is 17.7 Å². The van der Waals surface area contributed by atoms with E-state index in [9.17, 15) is 10.2 Å². The van der Waals surface area contributed by atoms with Crippen molar-refractivity contribution in [3.05, 3.63) is 28.8 Å². The van der Waals surface area contributed by atoms with Gasteiger partial charge in [-0.3, -0.25) is 0 Å². The van der Waals surface area contributed by atoms with Crippen LogP contribution in [0.4, 0.5) is 0 Å². The van der Waals surface area contributed by atoms with Gasteiger partial charge in [-0.05, 0) is 37.1 Å². The minimum absolute atomic E-state index is 0.159. The molecule has 0 bridgehead atoms. The molecule has 0 saturated carbocycles. The van der Waals surface area contributed by atoms with E-state index in [1.807, 2.05) is 0 Å². The Morgan fingerprint density at radius 1 is 1.44 bits per heavy atom. The summed E-state index contributed by atoms with van der Waals surface area (Å²) in [6.07, 6.45) is 2.19. The van der Waals surface area contributed by atoms with Gasteiger partial charge >= 0.3 is 0 Å². The van der Waals surface area contributed by atoms with E-state index in [0.717, 1.165) is 24.9 Å². The number of β-amino-alcohol motifs (C(OH)–C–C–N with tert-alkyl or cyclic N) is 1. The van der Waals surface area contributed by atoms with Gasteiger partial charge in [0, 0.05) is 18.0 Å². The Hall–Kier alpha value is -0.770. The summed E-state index contributed by atoms with van der Waals surface area (Å²) in [4.78, 5) is 0. The molecule has 1 aliphatic rings. The van der Waals surface area contributed by atoms with Crippen LogP contribution < -0.4 is 5.32 Å². The van der Waals surface area contributed by atoms with Crippen LogP contribution in [0.2, 0.25) is 5.02 Å². The number of hydrogen-bond donors (Lipinski definition) is 3. The van der Waals surface area contributed by atoms with Crippen LogP contribution in [0, 0.1) is 0 Å². The summed E-state index contributed by atoms with van der Waals surface area (Å²) in [7, 11) is 0. The van der Waals surface area contributed by atoms with Gasteiger partial charge in [0.15, 0.2) is 0 Å². The van der Waals surface area contributed by atoms with Crippen molar-refractivity contribution in [3.8, 4) is 5.75 Å². The topological polar surface area (TPSA) is 52.5 Å². The van der Waals surface area contributed by atoms with E-state index in [1.165, 1.54) is 6.07 Å². The van der Waals surface area contributed by atoms with Gasteiger partial charge in [-0.25, -0.2) is 0 Å². The van der Waals surface area contributed by atoms with Crippen LogP contribution in [-0.2, 0) is 6.42 Å². The van der Waals surface area contributed by atoms with E-state index < -0.39 is 5.60 Å². The van der Waals surface area contributed by atoms with Crippen molar-refractivity contribution >= 4 is 11.6 Å². The second-order valence-corrected chi connectivity index (χ2v) is 4.89. The molecule has 1 unspecified atom stereocenters. The fourth-order valence-corrected chi connectivity index (χ4v) is 2.31. The van der Waals surface area contributed by atoms with Crippen molar-refractivity contribution in [2.45, 2.75) is 24.9 Å². The first-order valence-corrected chi connectivity index (χ1v) is 5.87. The average Bonchev–Trinajstić information content (AvgIpc) is 2.23. The van der Waals surface area contributed by atoms with E-state index in [0.29, 0.717) is 18.0 Å². The molecule has 0 aromatic heterocycles. The largest absolute Gasteiger partial charge is 0.508 e. The van der Waals surface area contributed by atoms with Crippen molar-refractivity contribution in [2.24, 2.45) is 0 Å². The molecule has 1 aromatic carbocycles. The number of aliphatic hydroxyl groups is 1. The smallest absolute Gasteiger partial charge is 0.120 e. The van der Waals surface area contributed by atoms with E-state index >= 15 is 0 Å². The fourth-order valence-electron chi connectivity index (χ4n) is 2.14. The monoisotopic (exact) mass is 241 g/mol. The molecule has 2 rings (SSSR count). The highest BCUT2D eigenvalue weighted by Gasteiger charge is 2.30. The van der Waals surface area contributed by atoms with Gasteiger partial charge in [0.05, 0.1) is 5.60 Å². The van der Waals surface area contributed by atoms with E-state index in [-0.39, 0.29) is 5.75 Å². The Morgan fingerprint density at radius 3 is 2.88 bits per heavy atom. The zero-order valence-corrected chi connectivity index (χ0v) is 9.80. The third kappa shape index (κ3) is 2.67. The lowest BCUT2D eigenvalue weighted by Crippen LogP contribution is -2.47. The first-order chi connectivity index (χ1) is 7.59. The number of benzene rings is 1. The molecular formula is C12H16ClNO2. The highest BCUT2D eigenvalue weighted by molar-refractivity contribution is 6.30. The van der Waals surface area contributed by atoms with E-state index in [1.54, 1.807) is 12.1 Å². The van der Waals surface area contributed by atoms with Gasteiger partial charge in [0.25, 0.3) is 0 Å². The molecular weight excluding hydrogens is 226 g/mol. The van der Waals surface area contributed by atoms with Crippen LogP contribution in [0.25, 0.3) is 0 Å². The summed E-state index contributed by atoms with van der Waals surface area (Å²) >= 11 is 5.76. The van der Waals surface area contributed by atoms with Gasteiger partial charge in [0.1, 0.15) is 5.75 Å². The summed E-state index contributed by atoms with van der Waals surface area (Å²) in [6.45, 7) is 1.53. The van der Waals surface area contributed by atoms with E-state index in [4.69, 9.17) is 11.6 Å². The number of nitrogens with one attached hydrogen (secondary N) is 1. The minimum atomic E-state index is -0.746. The van der Waals surface area contributed by atoms with Crippen LogP contribution in [0.1, 0.15) is 18.4 Å². The Balaban J connectivity index is 2.13. The lowest BCUT2D eigenvalue weighted by atomic mass is 9.87. The minimum Gasteiger partial charge on any atom is -0.508 e. The third-order valence-corrected chi connectivity index (χ3v) is 3.25. The number of aromatic hydroxyl groups is 1. The van der Waals surface area contributed by atoms with Crippen LogP contribution in [0.3, 0.4) is 0 Å². The second kappa shape index (κ2) is 4.62. The van der Waals surface area contributed by atoms with Crippen molar-refractivity contribution in [1.29, 1.82) is 0 Å². The molecule has 1 saturated heterocycles. The molecule has 3 nitrogen and oxygen atoms in total. The standard InChI is InChI=1S/C12H16ClNO2/c13-10-3-2-9(11(15)6-10)7-12(16)4-1-5-14-8-12/h2-3,6,14-16H,1,4-5,7-8H2. The molecule has 1 aromatic rings. The molecule has 16 heavy (non-hydrogen) atoms. The van der Waals surface area contributed by atoms with Crippen LogP contribution in [-0.4, -0.2) is 28.9 Å². The van der Waals surface area contributed by atoms with E-state index in [2.05, 4.69) is 5.32 Å². The molecule has 1 fully saturated rings. The van der Waals surface area contributed by atoms with Crippen LogP contribution >= 0.6 is 11.6 Å². The maximum absolute atomic E-state index is 10.3. The maximum atomic E-state index is 10.3. The molecule has 0 amide bonds. The molecule has 0 radical (unpaired) electrons. The quantitative estimate of drug-likeness (QED) is 0.739. The summed E-state index contributed by atoms with van der Waals surface area (Å²) in [5.41, 5.74) is -0.000543. The number of rotatable bonds is 2. The van der Waals surface area contributed by atoms with Crippen LogP contribution in [0.15, 0.2) is 18.2 Å². The molecule has 0 spiro atoms. The Kier molecular flexibility index (Phi) is 3.38. The fraction of sp³-hybridized carbons (Fsp3) is 0.500. The molecule has 88 valence electrons. The zero-order valence-electron chi connectivity index (χ0n) is 9.04. The second-order valence-electron chi connectivity index (χ2n) is 4.45. The Bertz CT molecular complexity index is 375. The third-order valence-electron chi connectivity index (χ3n) is 3.02. The SMILES string of the molecule is Oc1cc(Cl)ccc1CC1(O)CCCNC1. The summed E-state index contributed by atoms with van der Waals surface area (Å²) < 4.78 is 0. The lowest BCUT2D eigenvalue weighted by molar-refractivity contribution is 0.0165. The Labute approximate surface area is 100 Å². The van der Waals surface area contributed by atoms with Crippen molar-refractivity contribution in [2.75, 3.05) is 13.1 Å². The molecule has 4 heteroatoms. The predicted octanol–water partition coefficient (Wildman–Crippen LogP) is 1.70. The number of phenols is 1. The highest BCUT2D eigenvalue weighted by atomic mass is 35.5. The number of piperidine rings is 1. The number of phenolic OH excluding ortho intramolecular Hbond substituents is 1. The number of halogens is 1. The first-order valence-electron chi connectivity index (χ1n) is 5.50. The van der Waals surface area contributed by atoms with Crippen molar-refractivity contribution in [1.82, 2.24) is 5.32 Å². The predicted molar refractivity (Wildman–Crippen MR) is 63.9 cm³/mol. The van der Waals surface area contributed by atoms with Crippen molar-refractivity contribution < 1.29 is 10.2 Å². The summed E-state index contributed by atoms with van der Waals surface area (Å²) in [6, 6.07) is 5.01. The molecule has 1 aliphatic heterocycles. The summed E-state index contributed by atoms with van der Waals surface area (Å²) in [5, 5.41) is 23.7. The molecule has 3 N–H and O–H groups in total. The normalized spacial score (nSPS) is 25.6. The molecule has 1 atom stereocenters. The van der Waals surface area contributed by atoms with Crippen molar-refractivity contribution in [3.63, 3.8) is 0 Å². The Morgan fingerprint density at radius 2 is 2.25 bits per heavy atom. The zero-order chi connectivity index (χ0) is 11.6. The van der Waals surface area contributed by atoms with Crippen LogP contribution in [0.5, 0.6) is 5.75 Å². The van der Waals surface area contributed by atoms with Gasteiger partial charge in [-0.15, -0.1) is 0 Å². The molecule has 0 aliphatic carbocycles. The molecule has 1 heterocycles. The highest BCUT2D eigenvalue weighted by Crippen LogP contribution is 2.28. The average molecular weight is 242 g/mol. The van der Waals surface area contributed by atoms with Gasteiger partial charge in [0.2, 0.25) is 0 Å². The van der Waals surface area contributed by atoms with Gasteiger partial charge < -0.3 is 15.5 Å².